The van der Waals surface area contributed by atoms with Crippen molar-refractivity contribution in [2.45, 2.75) is 11.2 Å². The van der Waals surface area contributed by atoms with Crippen molar-refractivity contribution in [3.63, 3.8) is 0 Å². The predicted molar refractivity (Wildman–Crippen MR) is 177 cm³/mol. The molecule has 212 valence electrons. The molecule has 2 saturated heterocycles. The molecular weight excluding hydrogens is 606 g/mol. The van der Waals surface area contributed by atoms with Gasteiger partial charge in [0.15, 0.2) is 6.49 Å². The van der Waals surface area contributed by atoms with Gasteiger partial charge in [0.2, 0.25) is 5.69 Å². The van der Waals surface area contributed by atoms with Crippen LogP contribution in [0.25, 0.3) is 0 Å². The molecule has 0 aliphatic carbocycles. The van der Waals surface area contributed by atoms with E-state index in [1.807, 2.05) is 24.3 Å². The highest BCUT2D eigenvalue weighted by Gasteiger charge is 2.47. The molecule has 1 spiro atoms. The molecule has 0 aromatic heterocycles. The lowest BCUT2D eigenvalue weighted by Crippen LogP contribution is -2.45. The third-order valence-electron chi connectivity index (χ3n) is 7.44. The lowest BCUT2D eigenvalue weighted by molar-refractivity contribution is -0.0516. The first kappa shape index (κ1) is 29.4. The summed E-state index contributed by atoms with van der Waals surface area (Å²) in [5.41, 5.74) is 1.77. The van der Waals surface area contributed by atoms with Gasteiger partial charge in [0.05, 0.1) is 37.1 Å². The Bertz CT molecular complexity index is 1300. The molecular formula is C32H32O4P2S3. The van der Waals surface area contributed by atoms with Crippen LogP contribution in [0.3, 0.4) is 0 Å². The van der Waals surface area contributed by atoms with Gasteiger partial charge in [-0.25, -0.2) is 0 Å². The smallest absolute Gasteiger partial charge is 0.248 e. The Hall–Kier alpha value is -1.63. The summed E-state index contributed by atoms with van der Waals surface area (Å²) in [4.78, 5) is 0. The first-order chi connectivity index (χ1) is 20.0. The van der Waals surface area contributed by atoms with E-state index in [0.29, 0.717) is 32.6 Å². The molecule has 41 heavy (non-hydrogen) atoms. The largest absolute Gasteiger partial charge is 0.328 e. The fourth-order valence-electron chi connectivity index (χ4n) is 5.09. The van der Waals surface area contributed by atoms with E-state index in [1.165, 1.54) is 22.3 Å². The van der Waals surface area contributed by atoms with Crippen LogP contribution in [0.15, 0.2) is 121 Å². The summed E-state index contributed by atoms with van der Waals surface area (Å²) in [6, 6.07) is 41.7. The molecule has 0 radical (unpaired) electrons. The van der Waals surface area contributed by atoms with Gasteiger partial charge < -0.3 is 18.1 Å². The topological polar surface area (TPSA) is 36.9 Å². The van der Waals surface area contributed by atoms with Crippen molar-refractivity contribution in [1.29, 1.82) is 0 Å². The van der Waals surface area contributed by atoms with Crippen LogP contribution < -0.4 is 0 Å². The van der Waals surface area contributed by atoms with E-state index in [1.54, 1.807) is 11.4 Å². The molecule has 4 aromatic carbocycles. The standard InChI is InChI=1S/C32H32O4P2S3/c39-37(21-30(26-13-5-1-6-14-26)27-15-7-2-8-16-27)33-22-32(23-34-37)24-35-38(40,36-25-32)41-31(28-17-9-3-10-18-28)29-19-11-4-12-20-29/h1-20,30-31H,21-25H2. The van der Waals surface area contributed by atoms with Gasteiger partial charge in [-0.15, -0.1) is 0 Å². The van der Waals surface area contributed by atoms with E-state index in [2.05, 4.69) is 97.1 Å². The maximum atomic E-state index is 6.44. The number of rotatable bonds is 8. The van der Waals surface area contributed by atoms with Crippen LogP contribution in [-0.2, 0) is 41.7 Å². The maximum absolute atomic E-state index is 6.44. The summed E-state index contributed by atoms with van der Waals surface area (Å²) in [5, 5.41) is 0.0234. The molecule has 0 saturated carbocycles. The fourth-order valence-corrected chi connectivity index (χ4v) is 13.1. The zero-order valence-corrected chi connectivity index (χ0v) is 26.7. The third kappa shape index (κ3) is 7.13. The van der Waals surface area contributed by atoms with Gasteiger partial charge in [0.1, 0.15) is 0 Å². The minimum atomic E-state index is -2.61. The normalized spacial score (nSPS) is 26.4. The molecule has 9 heteroatoms. The molecule has 0 bridgehead atoms. The SMILES string of the molecule is S=P1(CC(c2ccccc2)c2ccccc2)OCC2(CO1)COP(=S)(SC(c1ccccc1)c1ccccc1)OC2. The average molecular weight is 639 g/mol. The van der Waals surface area contributed by atoms with E-state index < -0.39 is 17.6 Å². The third-order valence-corrected chi connectivity index (χ3v) is 15.7. The maximum Gasteiger partial charge on any atom is 0.248 e. The van der Waals surface area contributed by atoms with Crippen LogP contribution in [0.5, 0.6) is 0 Å². The molecule has 4 nitrogen and oxygen atoms in total. The first-order valence-corrected chi connectivity index (χ1v) is 20.6. The van der Waals surface area contributed by atoms with Crippen molar-refractivity contribution in [1.82, 2.24) is 0 Å². The summed E-state index contributed by atoms with van der Waals surface area (Å²) >= 11 is 13.7. The summed E-state index contributed by atoms with van der Waals surface area (Å²) in [6.45, 7) is -0.768. The molecule has 6 rings (SSSR count). The van der Waals surface area contributed by atoms with Crippen molar-refractivity contribution < 1.29 is 18.1 Å². The quantitative estimate of drug-likeness (QED) is 0.178. The van der Waals surface area contributed by atoms with Gasteiger partial charge in [0, 0.05) is 12.1 Å². The zero-order chi connectivity index (χ0) is 28.2. The van der Waals surface area contributed by atoms with Crippen molar-refractivity contribution in [2.24, 2.45) is 5.41 Å². The minimum absolute atomic E-state index is 0.0234. The lowest BCUT2D eigenvalue weighted by atomic mass is 9.93. The molecule has 2 fully saturated rings. The van der Waals surface area contributed by atoms with Crippen LogP contribution in [0.1, 0.15) is 33.4 Å². The van der Waals surface area contributed by atoms with E-state index in [-0.39, 0.29) is 11.2 Å². The summed E-state index contributed by atoms with van der Waals surface area (Å²) in [6.07, 6.45) is 0.637. The molecule has 0 amide bonds. The van der Waals surface area contributed by atoms with Gasteiger partial charge in [-0.2, -0.15) is 0 Å². The molecule has 0 unspecified atom stereocenters. The van der Waals surface area contributed by atoms with Crippen LogP contribution in [0.4, 0.5) is 0 Å². The highest BCUT2D eigenvalue weighted by Crippen LogP contribution is 2.70. The second-order valence-electron chi connectivity index (χ2n) is 10.5. The summed E-state index contributed by atoms with van der Waals surface area (Å²) in [7, 11) is 0. The predicted octanol–water partition coefficient (Wildman–Crippen LogP) is 8.96. The molecule has 2 aliphatic rings. The Morgan fingerprint density at radius 3 is 1.34 bits per heavy atom. The van der Waals surface area contributed by atoms with E-state index >= 15 is 0 Å². The van der Waals surface area contributed by atoms with Gasteiger partial charge in [0.25, 0.3) is 0 Å². The Kier molecular flexibility index (Phi) is 9.29. The van der Waals surface area contributed by atoms with E-state index in [0.717, 1.165) is 0 Å². The summed E-state index contributed by atoms with van der Waals surface area (Å²) < 4.78 is 25.7. The highest BCUT2D eigenvalue weighted by atomic mass is 32.9. The van der Waals surface area contributed by atoms with Crippen molar-refractivity contribution in [3.05, 3.63) is 144 Å². The first-order valence-electron chi connectivity index (χ1n) is 13.6. The molecule has 0 N–H and O–H groups in total. The molecule has 0 atom stereocenters. The van der Waals surface area contributed by atoms with Crippen LogP contribution in [0.2, 0.25) is 0 Å². The number of hydrogen-bond acceptors (Lipinski definition) is 7. The van der Waals surface area contributed by atoms with Crippen LogP contribution in [0, 0.1) is 5.41 Å². The van der Waals surface area contributed by atoms with Crippen molar-refractivity contribution in [3.8, 4) is 0 Å². The Labute approximate surface area is 256 Å². The lowest BCUT2D eigenvalue weighted by Gasteiger charge is -2.45. The molecule has 2 heterocycles. The average Bonchev–Trinajstić information content (AvgIpc) is 3.04. The van der Waals surface area contributed by atoms with Gasteiger partial charge in [-0.3, -0.25) is 0 Å². The second kappa shape index (κ2) is 12.9. The highest BCUT2D eigenvalue weighted by molar-refractivity contribution is 8.68. The van der Waals surface area contributed by atoms with Crippen LogP contribution >= 0.6 is 23.6 Å². The monoisotopic (exact) mass is 638 g/mol. The summed E-state index contributed by atoms with van der Waals surface area (Å²) in [5.74, 6) is 0.103. The van der Waals surface area contributed by atoms with Crippen LogP contribution in [-0.4, -0.2) is 32.6 Å². The van der Waals surface area contributed by atoms with Crippen molar-refractivity contribution >= 4 is 47.2 Å². The molecule has 4 aromatic rings. The van der Waals surface area contributed by atoms with Gasteiger partial charge in [-0.1, -0.05) is 133 Å². The number of hydrogen-bond donors (Lipinski definition) is 0. The van der Waals surface area contributed by atoms with Crippen molar-refractivity contribution in [2.75, 3.05) is 32.6 Å². The minimum Gasteiger partial charge on any atom is -0.328 e. The van der Waals surface area contributed by atoms with E-state index in [9.17, 15) is 0 Å². The van der Waals surface area contributed by atoms with E-state index in [4.69, 9.17) is 41.7 Å². The number of benzene rings is 4. The van der Waals surface area contributed by atoms with Gasteiger partial charge in [-0.05, 0) is 45.9 Å². The Morgan fingerprint density at radius 1 is 0.561 bits per heavy atom. The second-order valence-corrected chi connectivity index (χ2v) is 20.6. The molecule has 2 aliphatic heterocycles. The Morgan fingerprint density at radius 2 is 0.927 bits per heavy atom. The van der Waals surface area contributed by atoms with Gasteiger partial charge >= 0.3 is 0 Å². The Balaban J connectivity index is 1.12. The zero-order valence-electron chi connectivity index (χ0n) is 22.5. The fraction of sp³-hybridized carbons (Fsp3) is 0.250.